The summed E-state index contributed by atoms with van der Waals surface area (Å²) in [5.74, 6) is 0.676. The molecule has 0 amide bonds. The average molecular weight is 513 g/mol. The summed E-state index contributed by atoms with van der Waals surface area (Å²) in [7, 11) is 0. The van der Waals surface area contributed by atoms with Crippen LogP contribution in [0.5, 0.6) is 0 Å². The molecule has 0 aliphatic carbocycles. The van der Waals surface area contributed by atoms with Gasteiger partial charge in [0.1, 0.15) is 0 Å². The van der Waals surface area contributed by atoms with E-state index in [2.05, 4.69) is 16.2 Å². The Kier molecular flexibility index (Phi) is 3.39. The first-order valence-corrected chi connectivity index (χ1v) is 5.99. The Balaban J connectivity index is 0.00000147. The number of nitrogens with two attached hydrogens (primary N) is 1. The zero-order valence-electron chi connectivity index (χ0n) is 11.0. The van der Waals surface area contributed by atoms with E-state index in [-0.39, 0.29) is 0 Å². The van der Waals surface area contributed by atoms with E-state index in [9.17, 15) is 0 Å². The monoisotopic (exact) mass is 513 g/mol. The first-order chi connectivity index (χ1) is 9.33. The summed E-state index contributed by atoms with van der Waals surface area (Å²) in [5, 5.41) is 0. The van der Waals surface area contributed by atoms with Crippen molar-refractivity contribution in [3.05, 3.63) is 66.9 Å². The second kappa shape index (κ2) is 5.31. The second-order valence-electron chi connectivity index (χ2n) is 4.19. The summed E-state index contributed by atoms with van der Waals surface area (Å²) in [4.78, 5) is 8.75. The third-order valence-corrected chi connectivity index (χ3v) is 2.84. The fourth-order valence-corrected chi connectivity index (χ4v) is 1.84. The van der Waals surface area contributed by atoms with Crippen LogP contribution in [0, 0.1) is 6.20 Å². The molecule has 0 radical (unpaired) electrons. The van der Waals surface area contributed by atoms with Crippen LogP contribution in [0.1, 0.15) is 0 Å². The molecule has 3 aromatic rings. The van der Waals surface area contributed by atoms with Crippen LogP contribution in [0.4, 0.5) is 5.69 Å². The van der Waals surface area contributed by atoms with Gasteiger partial charge in [0.25, 0.3) is 0 Å². The summed E-state index contributed by atoms with van der Waals surface area (Å²) in [5.41, 5.74) is 9.25. The van der Waals surface area contributed by atoms with Crippen molar-refractivity contribution >= 4 is 5.69 Å². The van der Waals surface area contributed by atoms with Crippen LogP contribution in [0.15, 0.2) is 60.7 Å². The molecule has 94 valence electrons. The molecule has 2 aromatic carbocycles. The normalized spacial score (nSPS) is 9.80. The zero-order valence-corrected chi connectivity index (χ0v) is 17.4. The molecule has 20 heavy (non-hydrogen) atoms. The van der Waals surface area contributed by atoms with Gasteiger partial charge in [0, 0.05) is 11.5 Å². The van der Waals surface area contributed by atoms with Crippen molar-refractivity contribution in [2.45, 2.75) is 0 Å². The Morgan fingerprint density at radius 2 is 1.55 bits per heavy atom. The molecule has 0 saturated carbocycles. The number of nitrogen functional groups attached to an aromatic ring is 1. The van der Waals surface area contributed by atoms with E-state index in [0.29, 0.717) is 5.82 Å². The van der Waals surface area contributed by atoms with E-state index in [1.807, 2.05) is 54.6 Å². The van der Waals surface area contributed by atoms with Crippen molar-refractivity contribution < 1.29 is 0 Å². The molecule has 0 spiro atoms. The van der Waals surface area contributed by atoms with E-state index in [1.54, 1.807) is 6.07 Å². The van der Waals surface area contributed by atoms with E-state index in [4.69, 9.17) is 5.73 Å². The number of benzene rings is 2. The van der Waals surface area contributed by atoms with Gasteiger partial charge in [-0.25, -0.2) is 0 Å². The first kappa shape index (κ1) is 12.8. The number of aromatic nitrogens is 2. The van der Waals surface area contributed by atoms with Crippen molar-refractivity contribution in [3.63, 3.8) is 0 Å². The molecule has 1 heterocycles. The van der Waals surface area contributed by atoms with E-state index < -0.39 is 0 Å². The van der Waals surface area contributed by atoms with Crippen LogP contribution in [0.2, 0.25) is 0 Å². The van der Waals surface area contributed by atoms with E-state index >= 15 is 0 Å². The maximum Gasteiger partial charge on any atom is 0.0447 e. The molecule has 4 heteroatoms. The molecule has 0 fully saturated rings. The van der Waals surface area contributed by atoms with Gasteiger partial charge in [-0.1, -0.05) is 54.2 Å². The van der Waals surface area contributed by atoms with Crippen LogP contribution in [-0.4, -0.2) is 9.97 Å². The number of nitrogens with zero attached hydrogens (tertiary/aromatic N) is 2. The summed E-state index contributed by atoms with van der Waals surface area (Å²) in [6.45, 7) is 0. The fraction of sp³-hybridized carbons (Fsp3) is 0. The molecule has 0 aliphatic heterocycles. The molecule has 3 nitrogen and oxygen atoms in total. The van der Waals surface area contributed by atoms with Gasteiger partial charge in [-0.3, -0.25) is 0 Å². The van der Waals surface area contributed by atoms with Crippen LogP contribution in [0.25, 0.3) is 22.6 Å². The van der Waals surface area contributed by atoms with Gasteiger partial charge in [0.15, 0.2) is 0 Å². The van der Waals surface area contributed by atoms with Crippen molar-refractivity contribution in [1.29, 1.82) is 0 Å². The van der Waals surface area contributed by atoms with Gasteiger partial charge in [-0.15, -0.1) is 6.07 Å². The quantitative estimate of drug-likeness (QED) is 0.423. The minimum absolute atomic E-state index is 0. The molecule has 0 bridgehead atoms. The maximum atomic E-state index is 5.69. The Bertz CT molecular complexity index is 682. The maximum absolute atomic E-state index is 5.69. The smallest absolute Gasteiger partial charge is 0.0447 e. The first-order valence-electron chi connectivity index (χ1n) is 5.99. The van der Waals surface area contributed by atoms with Crippen molar-refractivity contribution in [2.24, 2.45) is 0 Å². The molecule has 3 rings (SSSR count). The number of rotatable bonds is 2. The summed E-state index contributed by atoms with van der Waals surface area (Å²) < 4.78 is 0. The Hall–Kier alpha value is -3.68. The van der Waals surface area contributed by atoms with Gasteiger partial charge in [0.2, 0.25) is 0 Å². The predicted molar refractivity (Wildman–Crippen MR) is 76.2 cm³/mol. The second-order valence-corrected chi connectivity index (χ2v) is 4.19. The van der Waals surface area contributed by atoms with Gasteiger partial charge in [-0.05, 0) is 23.4 Å². The summed E-state index contributed by atoms with van der Waals surface area (Å²) in [6, 6.07) is 19.3. The topological polar surface area (TPSA) is 51.8 Å². The molecular weight excluding hydrogens is 501 g/mol. The standard InChI is InChI=1S/C16H12N3.Rf/c17-14-8-6-12(7-9-14)15-10-11-18-16(19-15)13-4-2-1-3-5-13;/h1-10H,17H2;/q-1;. The number of hydrogen-bond acceptors (Lipinski definition) is 3. The molecule has 0 aliphatic rings. The van der Waals surface area contributed by atoms with Crippen molar-refractivity contribution in [3.8, 4) is 22.6 Å². The minimum Gasteiger partial charge on any atom is -0.399 e. The fourth-order valence-electron chi connectivity index (χ4n) is 1.84. The van der Waals surface area contributed by atoms with Crippen LogP contribution in [0.3, 0.4) is 0 Å². The summed E-state index contributed by atoms with van der Waals surface area (Å²) >= 11 is 0. The molecule has 1 aromatic heterocycles. The zero-order chi connectivity index (χ0) is 13.1. The van der Waals surface area contributed by atoms with Crippen LogP contribution in [-0.2, 0) is 0 Å². The molecule has 0 unspecified atom stereocenters. The minimum atomic E-state index is 0. The molecule has 0 atom stereocenters. The van der Waals surface area contributed by atoms with E-state index in [0.717, 1.165) is 22.5 Å². The Morgan fingerprint density at radius 1 is 0.850 bits per heavy atom. The molecule has 2 N–H and O–H groups in total. The van der Waals surface area contributed by atoms with Gasteiger partial charge in [0.05, 0.1) is 0 Å². The molecular formula is C16H12N3Rf-. The third-order valence-electron chi connectivity index (χ3n) is 2.84. The van der Waals surface area contributed by atoms with Crippen molar-refractivity contribution in [1.82, 2.24) is 9.97 Å². The number of anilines is 1. The largest absolute Gasteiger partial charge is 0.399 e. The van der Waals surface area contributed by atoms with Gasteiger partial charge < -0.3 is 15.7 Å². The third kappa shape index (κ3) is 2.43. The Morgan fingerprint density at radius 3 is 2.25 bits per heavy atom. The SMILES string of the molecule is Nc1ccc(-c2c[c-]nc(-c3ccccc3)n2)cc1.[Rf]. The Labute approximate surface area is 111 Å². The number of hydrogen-bond donors (Lipinski definition) is 1. The summed E-state index contributed by atoms with van der Waals surface area (Å²) in [6.07, 6.45) is 2.90. The van der Waals surface area contributed by atoms with E-state index in [1.165, 1.54) is 0 Å². The predicted octanol–water partition coefficient (Wildman–Crippen LogP) is 3.19. The molecule has 0 saturated heterocycles. The van der Waals surface area contributed by atoms with Gasteiger partial charge >= 0.3 is 0 Å². The van der Waals surface area contributed by atoms with Crippen molar-refractivity contribution in [2.75, 3.05) is 5.73 Å². The van der Waals surface area contributed by atoms with Crippen LogP contribution >= 0.6 is 0 Å². The van der Waals surface area contributed by atoms with Gasteiger partial charge in [-0.2, -0.15) is 0 Å². The van der Waals surface area contributed by atoms with Crippen LogP contribution < -0.4 is 5.73 Å². The average Bonchev–Trinajstić information content (AvgIpc) is 2.49.